The average molecular weight is 440 g/mol. The molecular weight excluding hydrogens is 412 g/mol. The van der Waals surface area contributed by atoms with Crippen LogP contribution in [-0.2, 0) is 9.59 Å². The Kier molecular flexibility index (Phi) is 6.74. The SMILES string of the molecule is COc1ccc(C([O-])=C2C(=O)C(=O)N(CC[NH+](C)C)C2c2ccc(O)c(OC)c2)cc1C. The fraction of sp³-hybridized carbons (Fsp3) is 0.333. The lowest BCUT2D eigenvalue weighted by atomic mass is 9.94. The minimum atomic E-state index is -0.876. The highest BCUT2D eigenvalue weighted by Crippen LogP contribution is 2.41. The van der Waals surface area contributed by atoms with Gasteiger partial charge in [-0.15, -0.1) is 0 Å². The summed E-state index contributed by atoms with van der Waals surface area (Å²) >= 11 is 0. The number of ketones is 1. The second kappa shape index (κ2) is 9.32. The van der Waals surface area contributed by atoms with Crippen molar-refractivity contribution in [1.82, 2.24) is 4.90 Å². The van der Waals surface area contributed by atoms with E-state index in [1.807, 2.05) is 14.1 Å². The normalized spacial score (nSPS) is 17.8. The predicted molar refractivity (Wildman–Crippen MR) is 116 cm³/mol. The van der Waals surface area contributed by atoms with Crippen molar-refractivity contribution < 1.29 is 34.2 Å². The molecule has 1 aliphatic heterocycles. The van der Waals surface area contributed by atoms with Gasteiger partial charge in [0.2, 0.25) is 5.78 Å². The first-order valence-electron chi connectivity index (χ1n) is 10.3. The Hall–Kier alpha value is -3.52. The number of phenols is 1. The number of ether oxygens (including phenoxy) is 2. The van der Waals surface area contributed by atoms with E-state index in [1.165, 1.54) is 25.2 Å². The Labute approximate surface area is 187 Å². The topological polar surface area (TPSA) is 104 Å². The number of aryl methyl sites for hydroxylation is 1. The van der Waals surface area contributed by atoms with E-state index in [9.17, 15) is 19.8 Å². The first kappa shape index (κ1) is 23.1. The number of likely N-dealkylation sites (N-methyl/N-ethyl adjacent to an activating group) is 1. The summed E-state index contributed by atoms with van der Waals surface area (Å²) in [6, 6.07) is 8.59. The summed E-state index contributed by atoms with van der Waals surface area (Å²) in [5.41, 5.74) is 1.45. The Morgan fingerprint density at radius 2 is 1.78 bits per heavy atom. The lowest BCUT2D eigenvalue weighted by Gasteiger charge is -2.28. The maximum Gasteiger partial charge on any atom is 0.295 e. The first-order valence-corrected chi connectivity index (χ1v) is 10.3. The highest BCUT2D eigenvalue weighted by atomic mass is 16.5. The molecular formula is C24H28N2O6. The molecule has 1 atom stereocenters. The van der Waals surface area contributed by atoms with E-state index < -0.39 is 23.5 Å². The molecule has 1 heterocycles. The Balaban J connectivity index is 2.19. The number of hydrogen-bond donors (Lipinski definition) is 2. The van der Waals surface area contributed by atoms with Crippen LogP contribution in [0.5, 0.6) is 17.2 Å². The smallest absolute Gasteiger partial charge is 0.295 e. The second-order valence-electron chi connectivity index (χ2n) is 8.05. The minimum Gasteiger partial charge on any atom is -0.872 e. The summed E-state index contributed by atoms with van der Waals surface area (Å²) in [5, 5.41) is 23.5. The average Bonchev–Trinajstić information content (AvgIpc) is 3.02. The molecule has 0 aromatic heterocycles. The largest absolute Gasteiger partial charge is 0.872 e. The third kappa shape index (κ3) is 4.27. The van der Waals surface area contributed by atoms with E-state index in [4.69, 9.17) is 9.47 Å². The molecule has 1 unspecified atom stereocenters. The number of aromatic hydroxyl groups is 1. The molecule has 1 amide bonds. The van der Waals surface area contributed by atoms with Gasteiger partial charge in [-0.05, 0) is 47.9 Å². The van der Waals surface area contributed by atoms with Crippen LogP contribution in [0.1, 0.15) is 22.7 Å². The van der Waals surface area contributed by atoms with Crippen molar-refractivity contribution in [3.63, 3.8) is 0 Å². The number of amides is 1. The molecule has 0 radical (unpaired) electrons. The summed E-state index contributed by atoms with van der Waals surface area (Å²) in [7, 11) is 6.83. The monoisotopic (exact) mass is 440 g/mol. The fourth-order valence-electron chi connectivity index (χ4n) is 3.83. The van der Waals surface area contributed by atoms with Gasteiger partial charge in [-0.2, -0.15) is 0 Å². The van der Waals surface area contributed by atoms with Crippen LogP contribution in [-0.4, -0.2) is 63.1 Å². The summed E-state index contributed by atoms with van der Waals surface area (Å²) in [6.45, 7) is 2.68. The standard InChI is InChI=1S/C24H28N2O6/c1-14-12-16(7-9-18(14)31-4)22(28)20-21(15-6-8-17(27)19(13-15)32-5)26(11-10-25(2)3)24(30)23(20)29/h6-9,12-13,21,27-28H,10-11H2,1-5H3. The Bertz CT molecular complexity index is 1080. The highest BCUT2D eigenvalue weighted by molar-refractivity contribution is 6.46. The number of Topliss-reactive ketones (excluding diaryl/α,β-unsaturated/α-hetero) is 1. The van der Waals surface area contributed by atoms with Gasteiger partial charge in [-0.3, -0.25) is 9.59 Å². The minimum absolute atomic E-state index is 0.0742. The van der Waals surface area contributed by atoms with Gasteiger partial charge in [-0.25, -0.2) is 0 Å². The molecule has 170 valence electrons. The van der Waals surface area contributed by atoms with Crippen molar-refractivity contribution in [2.24, 2.45) is 0 Å². The van der Waals surface area contributed by atoms with Crippen LogP contribution in [0.25, 0.3) is 5.76 Å². The number of quaternary nitrogens is 1. The van der Waals surface area contributed by atoms with E-state index in [-0.39, 0.29) is 17.1 Å². The molecule has 0 saturated carbocycles. The summed E-state index contributed by atoms with van der Waals surface area (Å²) in [4.78, 5) is 28.5. The zero-order valence-corrected chi connectivity index (χ0v) is 18.9. The van der Waals surface area contributed by atoms with Crippen molar-refractivity contribution in [3.8, 4) is 17.2 Å². The van der Waals surface area contributed by atoms with Gasteiger partial charge in [-0.1, -0.05) is 17.9 Å². The number of likely N-dealkylation sites (tertiary alicyclic amines) is 1. The zero-order chi connectivity index (χ0) is 23.6. The predicted octanol–water partition coefficient (Wildman–Crippen LogP) is 0.0863. The van der Waals surface area contributed by atoms with Crippen LogP contribution in [0, 0.1) is 6.92 Å². The van der Waals surface area contributed by atoms with Gasteiger partial charge >= 0.3 is 0 Å². The molecule has 2 aromatic rings. The van der Waals surface area contributed by atoms with Crippen LogP contribution in [0.3, 0.4) is 0 Å². The van der Waals surface area contributed by atoms with Crippen LogP contribution in [0.2, 0.25) is 0 Å². The molecule has 8 heteroatoms. The zero-order valence-electron chi connectivity index (χ0n) is 18.9. The van der Waals surface area contributed by atoms with Crippen LogP contribution in [0.15, 0.2) is 42.0 Å². The third-order valence-corrected chi connectivity index (χ3v) is 5.56. The molecule has 3 rings (SSSR count). The van der Waals surface area contributed by atoms with Crippen LogP contribution >= 0.6 is 0 Å². The van der Waals surface area contributed by atoms with E-state index in [0.29, 0.717) is 30.0 Å². The molecule has 0 bridgehead atoms. The number of methoxy groups -OCH3 is 2. The number of rotatable bonds is 7. The number of carbonyl (C=O) groups excluding carboxylic acids is 2. The Morgan fingerprint density at radius 3 is 2.38 bits per heavy atom. The molecule has 2 aromatic carbocycles. The van der Waals surface area contributed by atoms with Gasteiger partial charge in [0.1, 0.15) is 5.75 Å². The first-order chi connectivity index (χ1) is 15.2. The number of benzene rings is 2. The van der Waals surface area contributed by atoms with Gasteiger partial charge < -0.3 is 29.5 Å². The summed E-state index contributed by atoms with van der Waals surface area (Å²) < 4.78 is 10.5. The number of nitrogens with one attached hydrogen (secondary N) is 1. The fourth-order valence-corrected chi connectivity index (χ4v) is 3.83. The van der Waals surface area contributed by atoms with Crippen molar-refractivity contribution in [3.05, 3.63) is 58.7 Å². The highest BCUT2D eigenvalue weighted by Gasteiger charge is 2.44. The quantitative estimate of drug-likeness (QED) is 0.359. The van der Waals surface area contributed by atoms with Crippen molar-refractivity contribution >= 4 is 17.4 Å². The maximum absolute atomic E-state index is 13.5. The number of nitrogens with zero attached hydrogens (tertiary/aromatic N) is 1. The van der Waals surface area contributed by atoms with E-state index >= 15 is 0 Å². The van der Waals surface area contributed by atoms with E-state index in [2.05, 4.69) is 0 Å². The summed E-state index contributed by atoms with van der Waals surface area (Å²) in [6.07, 6.45) is 0. The number of hydrogen-bond acceptors (Lipinski definition) is 6. The third-order valence-electron chi connectivity index (χ3n) is 5.56. The number of carbonyl (C=O) groups is 2. The van der Waals surface area contributed by atoms with Gasteiger partial charge in [0.05, 0.1) is 47.4 Å². The maximum atomic E-state index is 13.5. The molecule has 8 nitrogen and oxygen atoms in total. The molecule has 32 heavy (non-hydrogen) atoms. The lowest BCUT2D eigenvalue weighted by Crippen LogP contribution is -3.06. The lowest BCUT2D eigenvalue weighted by molar-refractivity contribution is -0.857. The molecule has 0 spiro atoms. The van der Waals surface area contributed by atoms with Crippen molar-refractivity contribution in [2.45, 2.75) is 13.0 Å². The summed E-state index contributed by atoms with van der Waals surface area (Å²) in [5.74, 6) is -1.29. The Morgan fingerprint density at radius 1 is 1.09 bits per heavy atom. The van der Waals surface area contributed by atoms with Crippen molar-refractivity contribution in [2.75, 3.05) is 41.4 Å². The van der Waals surface area contributed by atoms with E-state index in [0.717, 1.165) is 10.5 Å². The van der Waals surface area contributed by atoms with Gasteiger partial charge in [0.25, 0.3) is 5.91 Å². The molecule has 1 aliphatic rings. The van der Waals surface area contributed by atoms with Crippen molar-refractivity contribution in [1.29, 1.82) is 0 Å². The van der Waals surface area contributed by atoms with Crippen LogP contribution in [0.4, 0.5) is 0 Å². The molecule has 2 N–H and O–H groups in total. The molecule has 1 fully saturated rings. The molecule has 1 saturated heterocycles. The number of phenolic OH excluding ortho intramolecular Hbond substituents is 1. The molecule has 0 aliphatic carbocycles. The van der Waals surface area contributed by atoms with E-state index in [1.54, 1.807) is 37.3 Å². The second-order valence-corrected chi connectivity index (χ2v) is 8.05. The van der Waals surface area contributed by atoms with Crippen LogP contribution < -0.4 is 19.5 Å². The van der Waals surface area contributed by atoms with Gasteiger partial charge in [0.15, 0.2) is 11.5 Å². The van der Waals surface area contributed by atoms with Gasteiger partial charge in [0, 0.05) is 5.57 Å².